The van der Waals surface area contributed by atoms with Crippen molar-refractivity contribution in [2.24, 2.45) is 0 Å². The van der Waals surface area contributed by atoms with Crippen molar-refractivity contribution in [3.05, 3.63) is 58.6 Å². The first kappa shape index (κ1) is 14.2. The average molecular weight is 287 g/mol. The summed E-state index contributed by atoms with van der Waals surface area (Å²) in [5.74, 6) is 0.642. The first-order chi connectivity index (χ1) is 9.65. The molecule has 2 aromatic carbocycles. The smallest absolute Gasteiger partial charge is 0.143 e. The number of nitrogens with zero attached hydrogens (tertiary/aromatic N) is 1. The van der Waals surface area contributed by atoms with Crippen molar-refractivity contribution >= 4 is 17.3 Å². The second-order valence-corrected chi connectivity index (χ2v) is 4.82. The minimum absolute atomic E-state index is 0.0329. The van der Waals surface area contributed by atoms with E-state index in [1.807, 2.05) is 37.3 Å². The van der Waals surface area contributed by atoms with Crippen molar-refractivity contribution in [1.82, 2.24) is 0 Å². The van der Waals surface area contributed by atoms with Crippen LogP contribution in [0.2, 0.25) is 5.02 Å². The van der Waals surface area contributed by atoms with Gasteiger partial charge in [-0.1, -0.05) is 29.8 Å². The second-order valence-electron chi connectivity index (χ2n) is 4.41. The second kappa shape index (κ2) is 6.31. The lowest BCUT2D eigenvalue weighted by Gasteiger charge is -2.19. The lowest BCUT2D eigenvalue weighted by molar-refractivity contribution is 0.416. The SMILES string of the molecule is COc1cc(C#N)ccc1NC(C)c1ccccc1Cl. The molecule has 0 aliphatic heterocycles. The van der Waals surface area contributed by atoms with Crippen LogP contribution in [0.1, 0.15) is 24.1 Å². The first-order valence-corrected chi connectivity index (χ1v) is 6.62. The third-order valence-corrected chi connectivity index (χ3v) is 3.42. The van der Waals surface area contributed by atoms with E-state index in [-0.39, 0.29) is 6.04 Å². The Balaban J connectivity index is 2.26. The molecular weight excluding hydrogens is 272 g/mol. The van der Waals surface area contributed by atoms with E-state index in [1.165, 1.54) is 0 Å². The quantitative estimate of drug-likeness (QED) is 0.906. The van der Waals surface area contributed by atoms with E-state index in [0.29, 0.717) is 11.3 Å². The van der Waals surface area contributed by atoms with Crippen LogP contribution in [0.4, 0.5) is 5.69 Å². The van der Waals surface area contributed by atoms with Gasteiger partial charge in [0, 0.05) is 11.1 Å². The zero-order chi connectivity index (χ0) is 14.5. The summed E-state index contributed by atoms with van der Waals surface area (Å²) >= 11 is 6.19. The minimum atomic E-state index is 0.0329. The molecule has 1 unspecified atom stereocenters. The molecule has 0 spiro atoms. The molecule has 1 N–H and O–H groups in total. The van der Waals surface area contributed by atoms with E-state index < -0.39 is 0 Å². The fraction of sp³-hybridized carbons (Fsp3) is 0.188. The Kier molecular flexibility index (Phi) is 4.49. The van der Waals surface area contributed by atoms with Crippen LogP contribution in [0.25, 0.3) is 0 Å². The van der Waals surface area contributed by atoms with Crippen LogP contribution in [-0.4, -0.2) is 7.11 Å². The van der Waals surface area contributed by atoms with E-state index in [9.17, 15) is 0 Å². The number of nitrogens with one attached hydrogen (secondary N) is 1. The van der Waals surface area contributed by atoms with Gasteiger partial charge < -0.3 is 10.1 Å². The van der Waals surface area contributed by atoms with Gasteiger partial charge in [0.1, 0.15) is 5.75 Å². The molecular formula is C16H15ClN2O. The Morgan fingerprint density at radius 3 is 2.65 bits per heavy atom. The Hall–Kier alpha value is -2.18. The number of hydrogen-bond acceptors (Lipinski definition) is 3. The molecule has 0 fully saturated rings. The van der Waals surface area contributed by atoms with Gasteiger partial charge in [-0.05, 0) is 30.7 Å². The van der Waals surface area contributed by atoms with Gasteiger partial charge in [-0.3, -0.25) is 0 Å². The molecule has 4 heteroatoms. The summed E-state index contributed by atoms with van der Waals surface area (Å²) in [7, 11) is 1.59. The third-order valence-electron chi connectivity index (χ3n) is 3.07. The van der Waals surface area contributed by atoms with Crippen LogP contribution >= 0.6 is 11.6 Å². The fourth-order valence-electron chi connectivity index (χ4n) is 2.02. The number of hydrogen-bond donors (Lipinski definition) is 1. The largest absolute Gasteiger partial charge is 0.495 e. The molecule has 2 aromatic rings. The van der Waals surface area contributed by atoms with Crippen molar-refractivity contribution in [2.75, 3.05) is 12.4 Å². The van der Waals surface area contributed by atoms with Gasteiger partial charge >= 0.3 is 0 Å². The van der Waals surface area contributed by atoms with E-state index >= 15 is 0 Å². The van der Waals surface area contributed by atoms with Gasteiger partial charge in [-0.25, -0.2) is 0 Å². The Labute approximate surface area is 123 Å². The number of nitriles is 1. The van der Waals surface area contributed by atoms with Crippen LogP contribution in [0.3, 0.4) is 0 Å². The van der Waals surface area contributed by atoms with Gasteiger partial charge in [0.15, 0.2) is 0 Å². The summed E-state index contributed by atoms with van der Waals surface area (Å²) < 4.78 is 5.31. The Morgan fingerprint density at radius 1 is 1.25 bits per heavy atom. The summed E-state index contributed by atoms with van der Waals surface area (Å²) in [4.78, 5) is 0. The number of rotatable bonds is 4. The molecule has 3 nitrogen and oxygen atoms in total. The highest BCUT2D eigenvalue weighted by Gasteiger charge is 2.12. The molecule has 102 valence electrons. The zero-order valence-electron chi connectivity index (χ0n) is 11.4. The molecule has 0 saturated heterocycles. The van der Waals surface area contributed by atoms with Gasteiger partial charge in [-0.15, -0.1) is 0 Å². The van der Waals surface area contributed by atoms with Crippen molar-refractivity contribution in [3.63, 3.8) is 0 Å². The average Bonchev–Trinajstić information content (AvgIpc) is 2.48. The highest BCUT2D eigenvalue weighted by atomic mass is 35.5. The van der Waals surface area contributed by atoms with E-state index in [4.69, 9.17) is 21.6 Å². The van der Waals surface area contributed by atoms with Crippen LogP contribution in [0.15, 0.2) is 42.5 Å². The van der Waals surface area contributed by atoms with Gasteiger partial charge in [0.05, 0.1) is 30.5 Å². The molecule has 0 heterocycles. The monoisotopic (exact) mass is 286 g/mol. The molecule has 0 bridgehead atoms. The summed E-state index contributed by atoms with van der Waals surface area (Å²) in [6.07, 6.45) is 0. The van der Waals surface area contributed by atoms with Crippen LogP contribution in [0.5, 0.6) is 5.75 Å². The molecule has 1 atom stereocenters. The van der Waals surface area contributed by atoms with Gasteiger partial charge in [0.2, 0.25) is 0 Å². The highest BCUT2D eigenvalue weighted by Crippen LogP contribution is 2.31. The van der Waals surface area contributed by atoms with Crippen molar-refractivity contribution in [2.45, 2.75) is 13.0 Å². The van der Waals surface area contributed by atoms with Gasteiger partial charge in [0.25, 0.3) is 0 Å². The topological polar surface area (TPSA) is 45.0 Å². The normalized spacial score (nSPS) is 11.5. The Morgan fingerprint density at radius 2 is 2.00 bits per heavy atom. The maximum atomic E-state index is 8.90. The number of anilines is 1. The van der Waals surface area contributed by atoms with E-state index in [2.05, 4.69) is 11.4 Å². The minimum Gasteiger partial charge on any atom is -0.495 e. The zero-order valence-corrected chi connectivity index (χ0v) is 12.1. The fourth-order valence-corrected chi connectivity index (χ4v) is 2.32. The molecule has 0 radical (unpaired) electrons. The van der Waals surface area contributed by atoms with Crippen LogP contribution < -0.4 is 10.1 Å². The summed E-state index contributed by atoms with van der Waals surface area (Å²) in [6, 6.07) is 15.1. The molecule has 20 heavy (non-hydrogen) atoms. The number of benzene rings is 2. The van der Waals surface area contributed by atoms with E-state index in [0.717, 1.165) is 16.3 Å². The summed E-state index contributed by atoms with van der Waals surface area (Å²) in [6.45, 7) is 2.03. The number of halogens is 1. The molecule has 0 saturated carbocycles. The van der Waals surface area contributed by atoms with Crippen molar-refractivity contribution in [3.8, 4) is 11.8 Å². The van der Waals surface area contributed by atoms with Crippen LogP contribution in [-0.2, 0) is 0 Å². The van der Waals surface area contributed by atoms with Gasteiger partial charge in [-0.2, -0.15) is 5.26 Å². The first-order valence-electron chi connectivity index (χ1n) is 6.25. The highest BCUT2D eigenvalue weighted by molar-refractivity contribution is 6.31. The number of ether oxygens (including phenoxy) is 1. The molecule has 0 aromatic heterocycles. The lowest BCUT2D eigenvalue weighted by Crippen LogP contribution is -2.08. The van der Waals surface area contributed by atoms with E-state index in [1.54, 1.807) is 19.2 Å². The summed E-state index contributed by atoms with van der Waals surface area (Å²) in [5.41, 5.74) is 2.41. The lowest BCUT2D eigenvalue weighted by atomic mass is 10.1. The maximum absolute atomic E-state index is 8.90. The predicted octanol–water partition coefficient (Wildman–Crippen LogP) is 4.39. The van der Waals surface area contributed by atoms with Crippen LogP contribution in [0, 0.1) is 11.3 Å². The third kappa shape index (κ3) is 3.04. The molecule has 0 aliphatic carbocycles. The van der Waals surface area contributed by atoms with Crippen molar-refractivity contribution in [1.29, 1.82) is 5.26 Å². The molecule has 0 aliphatic rings. The molecule has 0 amide bonds. The Bertz CT molecular complexity index is 649. The van der Waals surface area contributed by atoms with Crippen molar-refractivity contribution < 1.29 is 4.74 Å². The predicted molar refractivity (Wildman–Crippen MR) is 81.2 cm³/mol. The molecule has 2 rings (SSSR count). The maximum Gasteiger partial charge on any atom is 0.143 e. The summed E-state index contributed by atoms with van der Waals surface area (Å²) in [5, 5.41) is 13.0. The number of methoxy groups -OCH3 is 1. The standard InChI is InChI=1S/C16H15ClN2O/c1-11(13-5-3-4-6-14(13)17)19-15-8-7-12(10-18)9-16(15)20-2/h3-9,11,19H,1-2H3.